The van der Waals surface area contributed by atoms with E-state index in [0.717, 1.165) is 55.2 Å². The molecule has 3 rings (SSSR count). The summed E-state index contributed by atoms with van der Waals surface area (Å²) in [5.41, 5.74) is 0.965. The first kappa shape index (κ1) is 14.6. The van der Waals surface area contributed by atoms with E-state index in [-0.39, 0.29) is 0 Å². The highest BCUT2D eigenvalue weighted by atomic mass is 16.5. The normalized spacial score (nSPS) is 14.7. The van der Waals surface area contributed by atoms with Crippen molar-refractivity contribution in [1.82, 2.24) is 9.97 Å². The minimum Gasteiger partial charge on any atom is -0.497 e. The second-order valence-corrected chi connectivity index (χ2v) is 5.11. The van der Waals surface area contributed by atoms with Gasteiger partial charge < -0.3 is 19.7 Å². The molecular weight excluding hydrogens is 280 g/mol. The summed E-state index contributed by atoms with van der Waals surface area (Å²) in [5.74, 6) is 3.31. The number of methoxy groups -OCH3 is 1. The number of aromatic nitrogens is 2. The predicted octanol–water partition coefficient (Wildman–Crippen LogP) is 2.37. The van der Waals surface area contributed by atoms with Gasteiger partial charge in [0, 0.05) is 24.8 Å². The highest BCUT2D eigenvalue weighted by molar-refractivity contribution is 5.60. The molecule has 0 unspecified atom stereocenters. The first-order chi connectivity index (χ1) is 10.7. The van der Waals surface area contributed by atoms with Crippen LogP contribution in [0.4, 0.5) is 17.3 Å². The van der Waals surface area contributed by atoms with Gasteiger partial charge in [0.1, 0.15) is 23.2 Å². The van der Waals surface area contributed by atoms with E-state index in [2.05, 4.69) is 20.2 Å². The lowest BCUT2D eigenvalue weighted by molar-refractivity contribution is 0.122. The number of benzene rings is 1. The van der Waals surface area contributed by atoms with Gasteiger partial charge in [-0.05, 0) is 31.2 Å². The molecule has 1 N–H and O–H groups in total. The second-order valence-electron chi connectivity index (χ2n) is 5.11. The molecule has 6 nitrogen and oxygen atoms in total. The molecule has 0 bridgehead atoms. The summed E-state index contributed by atoms with van der Waals surface area (Å²) in [6, 6.07) is 9.73. The molecule has 1 aliphatic rings. The molecule has 1 fully saturated rings. The maximum Gasteiger partial charge on any atom is 0.136 e. The van der Waals surface area contributed by atoms with Crippen LogP contribution in [0.5, 0.6) is 5.75 Å². The minimum absolute atomic E-state index is 0.740. The van der Waals surface area contributed by atoms with Gasteiger partial charge in [0.05, 0.1) is 20.3 Å². The van der Waals surface area contributed by atoms with Crippen molar-refractivity contribution in [3.05, 3.63) is 36.2 Å². The molecule has 0 atom stereocenters. The van der Waals surface area contributed by atoms with Crippen molar-refractivity contribution >= 4 is 17.3 Å². The van der Waals surface area contributed by atoms with Gasteiger partial charge in [-0.2, -0.15) is 0 Å². The molecule has 1 aromatic heterocycles. The van der Waals surface area contributed by atoms with Gasteiger partial charge in [0.2, 0.25) is 0 Å². The SMILES string of the molecule is COc1ccc(Nc2cc(N3CCOCC3)nc(C)n2)cc1. The van der Waals surface area contributed by atoms with Crippen molar-refractivity contribution in [2.45, 2.75) is 6.92 Å². The Morgan fingerprint density at radius 2 is 1.86 bits per heavy atom. The van der Waals surface area contributed by atoms with E-state index in [0.29, 0.717) is 0 Å². The highest BCUT2D eigenvalue weighted by Gasteiger charge is 2.14. The zero-order valence-electron chi connectivity index (χ0n) is 12.9. The molecule has 2 aromatic rings. The number of rotatable bonds is 4. The first-order valence-electron chi connectivity index (χ1n) is 7.34. The topological polar surface area (TPSA) is 59.5 Å². The van der Waals surface area contributed by atoms with E-state index in [1.807, 2.05) is 37.3 Å². The number of morpholine rings is 1. The molecule has 0 aliphatic carbocycles. The van der Waals surface area contributed by atoms with E-state index in [1.54, 1.807) is 7.11 Å². The second kappa shape index (κ2) is 6.62. The quantitative estimate of drug-likeness (QED) is 0.935. The molecule has 1 aliphatic heterocycles. The van der Waals surface area contributed by atoms with Crippen LogP contribution in [0.25, 0.3) is 0 Å². The predicted molar refractivity (Wildman–Crippen MR) is 86.1 cm³/mol. The summed E-state index contributed by atoms with van der Waals surface area (Å²) in [6.07, 6.45) is 0. The lowest BCUT2D eigenvalue weighted by atomic mass is 10.3. The molecule has 0 spiro atoms. The van der Waals surface area contributed by atoms with Crippen molar-refractivity contribution < 1.29 is 9.47 Å². The highest BCUT2D eigenvalue weighted by Crippen LogP contribution is 2.22. The number of hydrogen-bond donors (Lipinski definition) is 1. The first-order valence-corrected chi connectivity index (χ1v) is 7.34. The molecule has 6 heteroatoms. The van der Waals surface area contributed by atoms with Crippen molar-refractivity contribution in [2.75, 3.05) is 43.6 Å². The molecule has 116 valence electrons. The Balaban J connectivity index is 1.79. The Kier molecular flexibility index (Phi) is 4.39. The van der Waals surface area contributed by atoms with Crippen LogP contribution in [-0.2, 0) is 4.74 Å². The van der Waals surface area contributed by atoms with E-state index in [4.69, 9.17) is 9.47 Å². The van der Waals surface area contributed by atoms with Crippen molar-refractivity contribution in [3.63, 3.8) is 0 Å². The Morgan fingerprint density at radius 3 is 2.55 bits per heavy atom. The largest absolute Gasteiger partial charge is 0.497 e. The van der Waals surface area contributed by atoms with Gasteiger partial charge in [-0.3, -0.25) is 0 Å². The maximum absolute atomic E-state index is 5.39. The monoisotopic (exact) mass is 300 g/mol. The zero-order valence-corrected chi connectivity index (χ0v) is 12.9. The number of anilines is 3. The van der Waals surface area contributed by atoms with Gasteiger partial charge in [-0.25, -0.2) is 9.97 Å². The number of hydrogen-bond acceptors (Lipinski definition) is 6. The Hall–Kier alpha value is -2.34. The van der Waals surface area contributed by atoms with E-state index in [9.17, 15) is 0 Å². The lowest BCUT2D eigenvalue weighted by Crippen LogP contribution is -2.36. The standard InChI is InChI=1S/C16H20N4O2/c1-12-17-15(19-13-3-5-14(21-2)6-4-13)11-16(18-12)20-7-9-22-10-8-20/h3-6,11H,7-10H2,1-2H3,(H,17,18,19). The van der Waals surface area contributed by atoms with Crippen LogP contribution in [0.2, 0.25) is 0 Å². The third-order valence-corrected chi connectivity index (χ3v) is 3.52. The third kappa shape index (κ3) is 3.46. The maximum atomic E-state index is 5.39. The molecule has 2 heterocycles. The van der Waals surface area contributed by atoms with Gasteiger partial charge in [0.25, 0.3) is 0 Å². The van der Waals surface area contributed by atoms with Crippen LogP contribution in [0.15, 0.2) is 30.3 Å². The average molecular weight is 300 g/mol. The van der Waals surface area contributed by atoms with Crippen molar-refractivity contribution in [3.8, 4) is 5.75 Å². The number of nitrogens with zero attached hydrogens (tertiary/aromatic N) is 3. The smallest absolute Gasteiger partial charge is 0.136 e. The fraction of sp³-hybridized carbons (Fsp3) is 0.375. The third-order valence-electron chi connectivity index (χ3n) is 3.52. The Bertz CT molecular complexity index is 625. The molecule has 0 saturated carbocycles. The average Bonchev–Trinajstić information content (AvgIpc) is 2.56. The van der Waals surface area contributed by atoms with Crippen molar-refractivity contribution in [2.24, 2.45) is 0 Å². The van der Waals surface area contributed by atoms with Crippen LogP contribution < -0.4 is 15.0 Å². The lowest BCUT2D eigenvalue weighted by Gasteiger charge is -2.28. The van der Waals surface area contributed by atoms with Crippen LogP contribution in [0.1, 0.15) is 5.82 Å². The summed E-state index contributed by atoms with van der Waals surface area (Å²) in [7, 11) is 1.66. The number of ether oxygens (including phenoxy) is 2. The zero-order chi connectivity index (χ0) is 15.4. The molecule has 0 radical (unpaired) electrons. The Morgan fingerprint density at radius 1 is 1.14 bits per heavy atom. The van der Waals surface area contributed by atoms with Crippen LogP contribution in [-0.4, -0.2) is 43.4 Å². The van der Waals surface area contributed by atoms with E-state index >= 15 is 0 Å². The number of aryl methyl sites for hydroxylation is 1. The van der Waals surface area contributed by atoms with Gasteiger partial charge in [-0.15, -0.1) is 0 Å². The van der Waals surface area contributed by atoms with E-state index in [1.165, 1.54) is 0 Å². The van der Waals surface area contributed by atoms with Gasteiger partial charge in [0.15, 0.2) is 0 Å². The minimum atomic E-state index is 0.740. The molecule has 1 saturated heterocycles. The summed E-state index contributed by atoms with van der Waals surface area (Å²) in [4.78, 5) is 11.2. The summed E-state index contributed by atoms with van der Waals surface area (Å²) in [5, 5.41) is 3.31. The van der Waals surface area contributed by atoms with Crippen LogP contribution >= 0.6 is 0 Å². The molecule has 22 heavy (non-hydrogen) atoms. The molecule has 0 amide bonds. The van der Waals surface area contributed by atoms with Crippen molar-refractivity contribution in [1.29, 1.82) is 0 Å². The molecule has 1 aromatic carbocycles. The number of nitrogens with one attached hydrogen (secondary N) is 1. The molecular formula is C16H20N4O2. The fourth-order valence-corrected chi connectivity index (χ4v) is 2.39. The summed E-state index contributed by atoms with van der Waals surface area (Å²) in [6.45, 7) is 5.11. The summed E-state index contributed by atoms with van der Waals surface area (Å²) >= 11 is 0. The Labute approximate surface area is 130 Å². The van der Waals surface area contributed by atoms with Crippen LogP contribution in [0, 0.1) is 6.92 Å². The van der Waals surface area contributed by atoms with Gasteiger partial charge in [-0.1, -0.05) is 0 Å². The van der Waals surface area contributed by atoms with Crippen LogP contribution in [0.3, 0.4) is 0 Å². The summed E-state index contributed by atoms with van der Waals surface area (Å²) < 4.78 is 10.6. The fourth-order valence-electron chi connectivity index (χ4n) is 2.39. The van der Waals surface area contributed by atoms with Gasteiger partial charge >= 0.3 is 0 Å². The van der Waals surface area contributed by atoms with E-state index < -0.39 is 0 Å².